The maximum atomic E-state index is 11.3. The highest BCUT2D eigenvalue weighted by Crippen LogP contribution is 2.51. The molecule has 0 aromatic carbocycles. The van der Waals surface area contributed by atoms with Gasteiger partial charge in [-0.05, 0) is 59.3 Å². The van der Waals surface area contributed by atoms with Gasteiger partial charge in [-0.15, -0.1) is 0 Å². The van der Waals surface area contributed by atoms with Crippen LogP contribution in [0.3, 0.4) is 0 Å². The third-order valence-corrected chi connectivity index (χ3v) is 5.51. The molecular weight excluding hydrogens is 236 g/mol. The summed E-state index contributed by atoms with van der Waals surface area (Å²) in [6, 6.07) is 0. The van der Waals surface area contributed by atoms with E-state index in [-0.39, 0.29) is 17.1 Å². The highest BCUT2D eigenvalue weighted by molar-refractivity contribution is 5.04. The summed E-state index contributed by atoms with van der Waals surface area (Å²) in [4.78, 5) is 0. The lowest BCUT2D eigenvalue weighted by molar-refractivity contribution is -0.118. The fourth-order valence-corrected chi connectivity index (χ4v) is 4.58. The fourth-order valence-electron chi connectivity index (χ4n) is 4.58. The monoisotopic (exact) mass is 268 g/mol. The van der Waals surface area contributed by atoms with Crippen molar-refractivity contribution in [3.05, 3.63) is 0 Å². The maximum Gasteiger partial charge on any atom is 0.0704 e. The highest BCUT2D eigenvalue weighted by Gasteiger charge is 2.54. The second-order valence-corrected chi connectivity index (χ2v) is 8.03. The van der Waals surface area contributed by atoms with Gasteiger partial charge in [-0.1, -0.05) is 26.2 Å². The van der Waals surface area contributed by atoms with E-state index in [1.165, 1.54) is 25.7 Å². The van der Waals surface area contributed by atoms with Crippen LogP contribution in [0.5, 0.6) is 0 Å². The van der Waals surface area contributed by atoms with Gasteiger partial charge in [0, 0.05) is 5.92 Å². The van der Waals surface area contributed by atoms with E-state index < -0.39 is 5.60 Å². The minimum Gasteiger partial charge on any atom is -0.389 e. The smallest absolute Gasteiger partial charge is 0.0704 e. The molecule has 2 nitrogen and oxygen atoms in total. The lowest BCUT2D eigenvalue weighted by atomic mass is 9.71. The predicted octanol–water partition coefficient (Wildman–Crippen LogP) is 4.30. The van der Waals surface area contributed by atoms with Crippen LogP contribution in [0.4, 0.5) is 0 Å². The molecule has 3 unspecified atom stereocenters. The minimum atomic E-state index is -0.513. The van der Waals surface area contributed by atoms with Crippen LogP contribution in [0.1, 0.15) is 79.6 Å². The average Bonchev–Trinajstić information content (AvgIpc) is 2.45. The Balaban J connectivity index is 2.15. The van der Waals surface area contributed by atoms with Crippen molar-refractivity contribution in [3.8, 4) is 0 Å². The summed E-state index contributed by atoms with van der Waals surface area (Å²) >= 11 is 0. The number of ether oxygens (including phenoxy) is 1. The number of hydrogen-bond acceptors (Lipinski definition) is 2. The Hall–Kier alpha value is -0.0800. The van der Waals surface area contributed by atoms with Crippen molar-refractivity contribution in [2.75, 3.05) is 0 Å². The molecule has 0 radical (unpaired) electrons. The third-order valence-electron chi connectivity index (χ3n) is 5.51. The zero-order valence-electron chi connectivity index (χ0n) is 13.5. The Kier molecular flexibility index (Phi) is 4.06. The van der Waals surface area contributed by atoms with E-state index in [0.29, 0.717) is 0 Å². The van der Waals surface area contributed by atoms with E-state index >= 15 is 0 Å². The molecule has 1 aliphatic heterocycles. The quantitative estimate of drug-likeness (QED) is 0.757. The number of rotatable bonds is 2. The molecule has 2 aliphatic rings. The zero-order valence-corrected chi connectivity index (χ0v) is 13.5. The lowest BCUT2D eigenvalue weighted by Crippen LogP contribution is -2.46. The van der Waals surface area contributed by atoms with Gasteiger partial charge >= 0.3 is 0 Å². The fraction of sp³-hybridized carbons (Fsp3) is 1.00. The van der Waals surface area contributed by atoms with E-state index in [1.54, 1.807) is 0 Å². The van der Waals surface area contributed by atoms with E-state index in [1.807, 2.05) is 0 Å². The van der Waals surface area contributed by atoms with E-state index in [9.17, 15) is 5.11 Å². The summed E-state index contributed by atoms with van der Waals surface area (Å²) in [6.07, 6.45) is 7.79. The van der Waals surface area contributed by atoms with Crippen molar-refractivity contribution in [2.45, 2.75) is 96.4 Å². The Bertz CT molecular complexity index is 321. The molecule has 2 fully saturated rings. The van der Waals surface area contributed by atoms with Gasteiger partial charge in [0.25, 0.3) is 0 Å². The summed E-state index contributed by atoms with van der Waals surface area (Å²) in [5.74, 6) is 1.08. The molecule has 0 aromatic heterocycles. The molecule has 1 N–H and O–H groups in total. The minimum absolute atomic E-state index is 0.0969. The first-order valence-electron chi connectivity index (χ1n) is 8.11. The van der Waals surface area contributed by atoms with Crippen LogP contribution in [0.25, 0.3) is 0 Å². The lowest BCUT2D eigenvalue weighted by Gasteiger charge is -2.40. The zero-order chi connectivity index (χ0) is 14.3. The Morgan fingerprint density at radius 1 is 1.11 bits per heavy atom. The Morgan fingerprint density at radius 3 is 2.32 bits per heavy atom. The second-order valence-electron chi connectivity index (χ2n) is 8.03. The van der Waals surface area contributed by atoms with E-state index in [2.05, 4.69) is 34.6 Å². The molecule has 0 bridgehead atoms. The molecule has 0 amide bonds. The van der Waals surface area contributed by atoms with Crippen molar-refractivity contribution in [1.29, 1.82) is 0 Å². The van der Waals surface area contributed by atoms with Crippen LogP contribution in [0.2, 0.25) is 0 Å². The van der Waals surface area contributed by atoms with Crippen LogP contribution in [-0.4, -0.2) is 21.9 Å². The van der Waals surface area contributed by atoms with Gasteiger partial charge in [0.15, 0.2) is 0 Å². The van der Waals surface area contributed by atoms with Crippen LogP contribution < -0.4 is 0 Å². The maximum absolute atomic E-state index is 11.3. The first-order valence-corrected chi connectivity index (χ1v) is 8.11. The SMILES string of the molecule is CCC1CCCC(O)(C2CC(C)(C)OC2(C)C)CC1. The summed E-state index contributed by atoms with van der Waals surface area (Å²) < 4.78 is 6.20. The summed E-state index contributed by atoms with van der Waals surface area (Å²) in [6.45, 7) is 10.9. The molecule has 1 saturated heterocycles. The molecule has 112 valence electrons. The van der Waals surface area contributed by atoms with Crippen molar-refractivity contribution < 1.29 is 9.84 Å². The standard InChI is InChI=1S/C17H32O2/c1-6-13-8-7-10-17(18,11-9-13)14-12-15(2,3)19-16(14,4)5/h13-14,18H,6-12H2,1-5H3. The molecule has 3 atom stereocenters. The molecule has 2 rings (SSSR count). The van der Waals surface area contributed by atoms with Gasteiger partial charge in [0.2, 0.25) is 0 Å². The predicted molar refractivity (Wildman–Crippen MR) is 79.2 cm³/mol. The highest BCUT2D eigenvalue weighted by atomic mass is 16.5. The normalized spacial score (nSPS) is 42.0. The summed E-state index contributed by atoms with van der Waals surface area (Å²) in [7, 11) is 0. The van der Waals surface area contributed by atoms with Crippen LogP contribution in [-0.2, 0) is 4.74 Å². The van der Waals surface area contributed by atoms with Gasteiger partial charge in [-0.25, -0.2) is 0 Å². The van der Waals surface area contributed by atoms with Gasteiger partial charge in [-0.2, -0.15) is 0 Å². The molecule has 2 heteroatoms. The largest absolute Gasteiger partial charge is 0.389 e. The van der Waals surface area contributed by atoms with Crippen molar-refractivity contribution >= 4 is 0 Å². The number of aliphatic hydroxyl groups is 1. The molecule has 1 heterocycles. The van der Waals surface area contributed by atoms with Crippen molar-refractivity contribution in [3.63, 3.8) is 0 Å². The van der Waals surface area contributed by atoms with Crippen molar-refractivity contribution in [1.82, 2.24) is 0 Å². The number of hydrogen-bond donors (Lipinski definition) is 1. The summed E-state index contributed by atoms with van der Waals surface area (Å²) in [5.41, 5.74) is -0.814. The molecule has 1 saturated carbocycles. The van der Waals surface area contributed by atoms with Crippen LogP contribution in [0, 0.1) is 11.8 Å². The third kappa shape index (κ3) is 3.16. The first kappa shape index (κ1) is 15.3. The molecule has 1 aliphatic carbocycles. The van der Waals surface area contributed by atoms with Gasteiger partial charge < -0.3 is 9.84 Å². The van der Waals surface area contributed by atoms with Gasteiger partial charge in [-0.3, -0.25) is 0 Å². The van der Waals surface area contributed by atoms with Gasteiger partial charge in [0.1, 0.15) is 0 Å². The molecular formula is C17H32O2. The van der Waals surface area contributed by atoms with Gasteiger partial charge in [0.05, 0.1) is 16.8 Å². The second kappa shape index (κ2) is 5.04. The van der Waals surface area contributed by atoms with Crippen LogP contribution >= 0.6 is 0 Å². The first-order chi connectivity index (χ1) is 8.69. The van der Waals surface area contributed by atoms with E-state index in [0.717, 1.165) is 25.2 Å². The Labute approximate surface area is 118 Å². The summed E-state index contributed by atoms with van der Waals surface area (Å²) in [5, 5.41) is 11.3. The Morgan fingerprint density at radius 2 is 1.79 bits per heavy atom. The van der Waals surface area contributed by atoms with Crippen molar-refractivity contribution in [2.24, 2.45) is 11.8 Å². The topological polar surface area (TPSA) is 29.5 Å². The van der Waals surface area contributed by atoms with Crippen LogP contribution in [0.15, 0.2) is 0 Å². The van der Waals surface area contributed by atoms with E-state index in [4.69, 9.17) is 4.74 Å². The average molecular weight is 268 g/mol. The molecule has 0 spiro atoms. The molecule has 0 aromatic rings. The molecule has 19 heavy (non-hydrogen) atoms.